The summed E-state index contributed by atoms with van der Waals surface area (Å²) in [6.45, 7) is 6.96. The summed E-state index contributed by atoms with van der Waals surface area (Å²) in [5.41, 5.74) is 5.07. The minimum absolute atomic E-state index is 0.402. The van der Waals surface area contributed by atoms with Gasteiger partial charge in [0, 0.05) is 21.8 Å². The van der Waals surface area contributed by atoms with Crippen LogP contribution in [0, 0.1) is 6.92 Å². The first-order chi connectivity index (χ1) is 17.0. The second-order valence-corrected chi connectivity index (χ2v) is 8.64. The Labute approximate surface area is 205 Å². The Morgan fingerprint density at radius 1 is 1.00 bits per heavy atom. The molecule has 0 bridgehead atoms. The fraction of sp³-hybridized carbons (Fsp3) is 0.310. The molecule has 1 aromatic heterocycles. The van der Waals surface area contributed by atoms with Crippen LogP contribution in [0.25, 0.3) is 21.8 Å². The van der Waals surface area contributed by atoms with Crippen molar-refractivity contribution in [3.8, 4) is 5.75 Å². The van der Waals surface area contributed by atoms with E-state index in [0.29, 0.717) is 25.3 Å². The van der Waals surface area contributed by atoms with Crippen LogP contribution in [-0.4, -0.2) is 34.1 Å². The monoisotopic (exact) mass is 472 g/mol. The molecular formula is C29H32N2O4. The van der Waals surface area contributed by atoms with Gasteiger partial charge in [0.1, 0.15) is 12.4 Å². The summed E-state index contributed by atoms with van der Waals surface area (Å²) in [6.07, 6.45) is 1.26. The molecule has 0 fully saturated rings. The molecule has 0 radical (unpaired) electrons. The molecule has 0 amide bonds. The smallest absolute Gasteiger partial charge is 0.344 e. The number of para-hydroxylation sites is 2. The van der Waals surface area contributed by atoms with Crippen molar-refractivity contribution >= 4 is 33.5 Å². The van der Waals surface area contributed by atoms with Crippen molar-refractivity contribution in [3.63, 3.8) is 0 Å². The van der Waals surface area contributed by atoms with Crippen molar-refractivity contribution in [2.75, 3.05) is 6.61 Å². The van der Waals surface area contributed by atoms with E-state index in [2.05, 4.69) is 65.2 Å². The van der Waals surface area contributed by atoms with Crippen molar-refractivity contribution < 1.29 is 19.5 Å². The van der Waals surface area contributed by atoms with E-state index in [1.54, 1.807) is 6.92 Å². The number of nitrogens with zero attached hydrogens (tertiary/aromatic N) is 2. The number of carboxylic acid groups (broad SMARTS) is 1. The van der Waals surface area contributed by atoms with Gasteiger partial charge in [-0.15, -0.1) is 0 Å². The largest absolute Gasteiger partial charge is 0.479 e. The van der Waals surface area contributed by atoms with Crippen LogP contribution in [0.2, 0.25) is 0 Å². The first-order valence-corrected chi connectivity index (χ1v) is 12.2. The molecular weight excluding hydrogens is 440 g/mol. The van der Waals surface area contributed by atoms with Gasteiger partial charge in [0.2, 0.25) is 0 Å². The van der Waals surface area contributed by atoms with Crippen LogP contribution in [0.5, 0.6) is 5.75 Å². The molecule has 0 saturated heterocycles. The molecule has 182 valence electrons. The number of aliphatic carboxylic acids is 1. The summed E-state index contributed by atoms with van der Waals surface area (Å²) in [5.74, 6) is -0.382. The quantitative estimate of drug-likeness (QED) is 0.152. The molecule has 1 heterocycles. The average Bonchev–Trinajstić information content (AvgIpc) is 3.18. The van der Waals surface area contributed by atoms with Gasteiger partial charge in [0.05, 0.1) is 12.3 Å². The zero-order valence-corrected chi connectivity index (χ0v) is 20.5. The maximum absolute atomic E-state index is 11.3. The first-order valence-electron chi connectivity index (χ1n) is 12.2. The lowest BCUT2D eigenvalue weighted by Crippen LogP contribution is -2.26. The van der Waals surface area contributed by atoms with Gasteiger partial charge in [-0.25, -0.2) is 4.79 Å². The lowest BCUT2D eigenvalue weighted by atomic mass is 10.0. The van der Waals surface area contributed by atoms with E-state index in [0.717, 1.165) is 29.7 Å². The van der Waals surface area contributed by atoms with Crippen molar-refractivity contribution in [3.05, 3.63) is 77.9 Å². The molecule has 0 spiro atoms. The number of oxime groups is 1. The molecule has 4 aromatic rings. The van der Waals surface area contributed by atoms with Crippen LogP contribution in [-0.2, 0) is 16.2 Å². The summed E-state index contributed by atoms with van der Waals surface area (Å²) >= 11 is 0. The third kappa shape index (κ3) is 5.32. The summed E-state index contributed by atoms with van der Waals surface area (Å²) in [6, 6.07) is 22.6. The third-order valence-corrected chi connectivity index (χ3v) is 6.17. The summed E-state index contributed by atoms with van der Waals surface area (Å²) < 4.78 is 7.97. The topological polar surface area (TPSA) is 73.0 Å². The zero-order chi connectivity index (χ0) is 24.8. The van der Waals surface area contributed by atoms with E-state index in [1.165, 1.54) is 21.8 Å². The number of aromatic nitrogens is 1. The number of carbonyl (C=O) groups is 1. The van der Waals surface area contributed by atoms with E-state index < -0.39 is 12.1 Å². The molecule has 6 heteroatoms. The molecule has 1 unspecified atom stereocenters. The Morgan fingerprint density at radius 3 is 2.23 bits per heavy atom. The van der Waals surface area contributed by atoms with Gasteiger partial charge in [0.25, 0.3) is 0 Å². The SMILES string of the molecule is CCCC(=NOCCn1c2ccccc2c2ccccc21)c1ccc(OC(CC)C(=O)O)c(C)c1. The lowest BCUT2D eigenvalue weighted by molar-refractivity contribution is -0.145. The van der Waals surface area contributed by atoms with Gasteiger partial charge in [-0.2, -0.15) is 0 Å². The molecule has 0 saturated carbocycles. The highest BCUT2D eigenvalue weighted by atomic mass is 16.6. The highest BCUT2D eigenvalue weighted by molar-refractivity contribution is 6.08. The number of fused-ring (bicyclic) bond motifs is 3. The van der Waals surface area contributed by atoms with Crippen molar-refractivity contribution in [1.82, 2.24) is 4.57 Å². The standard InChI is InChI=1S/C29H32N2O4/c1-4-10-24(21-15-16-28(20(3)19-21)35-27(5-2)29(32)33)30-34-18-17-31-25-13-8-6-11-22(25)23-12-7-9-14-26(23)31/h6-9,11-16,19,27H,4-5,10,17-18H2,1-3H3,(H,32,33). The Balaban J connectivity index is 1.49. The lowest BCUT2D eigenvalue weighted by Gasteiger charge is -2.16. The van der Waals surface area contributed by atoms with Gasteiger partial charge >= 0.3 is 5.97 Å². The molecule has 0 aliphatic heterocycles. The number of carboxylic acids is 1. The number of benzene rings is 3. The van der Waals surface area contributed by atoms with E-state index in [-0.39, 0.29) is 0 Å². The summed E-state index contributed by atoms with van der Waals surface area (Å²) in [7, 11) is 0. The summed E-state index contributed by atoms with van der Waals surface area (Å²) in [4.78, 5) is 17.1. The number of ether oxygens (including phenoxy) is 1. The highest BCUT2D eigenvalue weighted by Crippen LogP contribution is 2.28. The van der Waals surface area contributed by atoms with Crippen LogP contribution in [0.1, 0.15) is 44.2 Å². The van der Waals surface area contributed by atoms with E-state index in [9.17, 15) is 9.90 Å². The van der Waals surface area contributed by atoms with Gasteiger partial charge in [-0.1, -0.05) is 61.8 Å². The van der Waals surface area contributed by atoms with Crippen molar-refractivity contribution in [2.45, 2.75) is 52.7 Å². The van der Waals surface area contributed by atoms with Crippen LogP contribution in [0.3, 0.4) is 0 Å². The van der Waals surface area contributed by atoms with Crippen LogP contribution in [0.15, 0.2) is 71.9 Å². The maximum Gasteiger partial charge on any atom is 0.344 e. The molecule has 4 rings (SSSR count). The van der Waals surface area contributed by atoms with E-state index >= 15 is 0 Å². The minimum Gasteiger partial charge on any atom is -0.479 e. The summed E-state index contributed by atoms with van der Waals surface area (Å²) in [5, 5.41) is 16.2. The second kappa shape index (κ2) is 11.1. The number of rotatable bonds is 11. The van der Waals surface area contributed by atoms with Gasteiger partial charge in [0.15, 0.2) is 6.10 Å². The molecule has 6 nitrogen and oxygen atoms in total. The van der Waals surface area contributed by atoms with Gasteiger partial charge in [-0.05, 0) is 61.2 Å². The Morgan fingerprint density at radius 2 is 1.66 bits per heavy atom. The average molecular weight is 473 g/mol. The van der Waals surface area contributed by atoms with Gasteiger partial charge in [-0.3, -0.25) is 0 Å². The number of hydrogen-bond donors (Lipinski definition) is 1. The molecule has 1 atom stereocenters. The van der Waals surface area contributed by atoms with Crippen LogP contribution in [0.4, 0.5) is 0 Å². The fourth-order valence-corrected chi connectivity index (χ4v) is 4.40. The zero-order valence-electron chi connectivity index (χ0n) is 20.5. The predicted molar refractivity (Wildman–Crippen MR) is 140 cm³/mol. The molecule has 0 aliphatic rings. The Hall–Kier alpha value is -3.80. The molecule has 1 N–H and O–H groups in total. The van der Waals surface area contributed by atoms with E-state index in [1.807, 2.05) is 25.1 Å². The molecule has 35 heavy (non-hydrogen) atoms. The van der Waals surface area contributed by atoms with E-state index in [4.69, 9.17) is 9.57 Å². The second-order valence-electron chi connectivity index (χ2n) is 8.64. The first kappa shape index (κ1) is 24.3. The maximum atomic E-state index is 11.3. The molecule has 0 aliphatic carbocycles. The van der Waals surface area contributed by atoms with Crippen LogP contribution >= 0.6 is 0 Å². The minimum atomic E-state index is -0.958. The predicted octanol–water partition coefficient (Wildman–Crippen LogP) is 6.57. The van der Waals surface area contributed by atoms with Crippen molar-refractivity contribution in [1.29, 1.82) is 0 Å². The Bertz CT molecular complexity index is 1300. The Kier molecular flexibility index (Phi) is 7.70. The molecule has 3 aromatic carbocycles. The highest BCUT2D eigenvalue weighted by Gasteiger charge is 2.18. The normalized spacial score (nSPS) is 12.7. The van der Waals surface area contributed by atoms with Crippen molar-refractivity contribution in [2.24, 2.45) is 5.16 Å². The number of aryl methyl sites for hydroxylation is 1. The number of hydrogen-bond acceptors (Lipinski definition) is 4. The third-order valence-electron chi connectivity index (χ3n) is 6.17. The van der Waals surface area contributed by atoms with Crippen LogP contribution < -0.4 is 4.74 Å². The fourth-order valence-electron chi connectivity index (χ4n) is 4.40. The van der Waals surface area contributed by atoms with Gasteiger partial charge < -0.3 is 19.2 Å².